The Morgan fingerprint density at radius 1 is 1.03 bits per heavy atom. The Labute approximate surface area is 171 Å². The number of aryl methyl sites for hydroxylation is 1. The van der Waals surface area contributed by atoms with Crippen LogP contribution >= 0.6 is 0 Å². The molecule has 0 aromatic heterocycles. The third-order valence-corrected chi connectivity index (χ3v) is 7.67. The smallest absolute Gasteiger partial charge is 0.241 e. The molecule has 7 nitrogen and oxygen atoms in total. The monoisotopic (exact) mass is 436 g/mol. The molecule has 0 aliphatic carbocycles. The minimum absolute atomic E-state index is 0.0640. The van der Waals surface area contributed by atoms with Crippen LogP contribution < -0.4 is 9.62 Å². The second-order valence-electron chi connectivity index (χ2n) is 7.25. The summed E-state index contributed by atoms with van der Waals surface area (Å²) in [6, 6.07) is 10.4. The Kier molecular flexibility index (Phi) is 5.84. The van der Waals surface area contributed by atoms with Gasteiger partial charge in [-0.3, -0.25) is 4.79 Å². The molecule has 0 radical (unpaired) electrons. The van der Waals surface area contributed by atoms with Gasteiger partial charge in [0.05, 0.1) is 9.79 Å². The van der Waals surface area contributed by atoms with Gasteiger partial charge in [-0.05, 0) is 61.2 Å². The molecule has 1 N–H and O–H groups in total. The summed E-state index contributed by atoms with van der Waals surface area (Å²) in [5, 5.41) is 0. The number of nitrogens with zero attached hydrogens (tertiary/aromatic N) is 1. The summed E-state index contributed by atoms with van der Waals surface area (Å²) in [4.78, 5) is 13.8. The highest BCUT2D eigenvalue weighted by atomic mass is 32.2. The van der Waals surface area contributed by atoms with Gasteiger partial charge in [-0.1, -0.05) is 12.1 Å². The van der Waals surface area contributed by atoms with Crippen LogP contribution in [0.5, 0.6) is 0 Å². The second-order valence-corrected chi connectivity index (χ2v) is 11.0. The Morgan fingerprint density at radius 2 is 1.66 bits per heavy atom. The van der Waals surface area contributed by atoms with Gasteiger partial charge in [0.2, 0.25) is 15.9 Å². The van der Waals surface area contributed by atoms with Gasteiger partial charge in [0, 0.05) is 31.5 Å². The van der Waals surface area contributed by atoms with E-state index in [4.69, 9.17) is 0 Å². The average Bonchev–Trinajstić information content (AvgIpc) is 2.66. The summed E-state index contributed by atoms with van der Waals surface area (Å²) in [6.07, 6.45) is 2.62. The number of hydrogen-bond donors (Lipinski definition) is 1. The molecule has 0 saturated heterocycles. The fraction of sp³-hybridized carbons (Fsp3) is 0.350. The quantitative estimate of drug-likeness (QED) is 0.776. The van der Waals surface area contributed by atoms with Crippen LogP contribution in [0.3, 0.4) is 0 Å². The standard InChI is InChI=1S/C20H24N2O5S2/c1-14(16-6-8-18(9-7-16)28(3,24)25)21-29(26,27)19-10-11-20-17(13-19)5-4-12-22(20)15(2)23/h6-11,13-14,21H,4-5,12H2,1-3H3. The molecule has 156 valence electrons. The fourth-order valence-electron chi connectivity index (χ4n) is 3.44. The first-order valence-corrected chi connectivity index (χ1v) is 12.6. The number of carbonyl (C=O) groups is 1. The van der Waals surface area contributed by atoms with E-state index in [1.54, 1.807) is 36.1 Å². The van der Waals surface area contributed by atoms with Gasteiger partial charge in [-0.25, -0.2) is 21.6 Å². The number of fused-ring (bicyclic) bond motifs is 1. The highest BCUT2D eigenvalue weighted by Gasteiger charge is 2.24. The number of hydrogen-bond acceptors (Lipinski definition) is 5. The van der Waals surface area contributed by atoms with Crippen molar-refractivity contribution in [3.05, 3.63) is 53.6 Å². The van der Waals surface area contributed by atoms with Gasteiger partial charge >= 0.3 is 0 Å². The molecule has 2 aromatic carbocycles. The van der Waals surface area contributed by atoms with Crippen molar-refractivity contribution < 1.29 is 21.6 Å². The predicted molar refractivity (Wildman–Crippen MR) is 111 cm³/mol. The highest BCUT2D eigenvalue weighted by Crippen LogP contribution is 2.30. The molecule has 1 aliphatic heterocycles. The largest absolute Gasteiger partial charge is 0.312 e. The molecule has 0 fully saturated rings. The summed E-state index contributed by atoms with van der Waals surface area (Å²) in [5.41, 5.74) is 2.24. The van der Waals surface area contributed by atoms with E-state index in [1.165, 1.54) is 25.1 Å². The summed E-state index contributed by atoms with van der Waals surface area (Å²) < 4.78 is 51.5. The van der Waals surface area contributed by atoms with E-state index in [-0.39, 0.29) is 15.7 Å². The average molecular weight is 437 g/mol. The van der Waals surface area contributed by atoms with Crippen LogP contribution in [0.15, 0.2) is 52.3 Å². The Hall–Kier alpha value is -2.23. The molecule has 1 amide bonds. The van der Waals surface area contributed by atoms with Gasteiger partial charge in [0.15, 0.2) is 9.84 Å². The first-order chi connectivity index (χ1) is 13.5. The topological polar surface area (TPSA) is 101 Å². The van der Waals surface area contributed by atoms with Crippen LogP contribution in [0.2, 0.25) is 0 Å². The lowest BCUT2D eigenvalue weighted by atomic mass is 10.0. The molecule has 2 aromatic rings. The minimum atomic E-state index is -3.79. The maximum absolute atomic E-state index is 12.9. The first kappa shape index (κ1) is 21.5. The fourth-order valence-corrected chi connectivity index (χ4v) is 5.35. The number of sulfone groups is 1. The molecule has 1 atom stereocenters. The first-order valence-electron chi connectivity index (χ1n) is 9.22. The molecule has 0 bridgehead atoms. The van der Waals surface area contributed by atoms with Gasteiger partial charge in [0.1, 0.15) is 0 Å². The number of amides is 1. The van der Waals surface area contributed by atoms with Gasteiger partial charge in [0.25, 0.3) is 0 Å². The molecule has 1 heterocycles. The molecule has 3 rings (SSSR count). The number of anilines is 1. The maximum Gasteiger partial charge on any atom is 0.241 e. The second kappa shape index (κ2) is 7.89. The molecular weight excluding hydrogens is 412 g/mol. The van der Waals surface area contributed by atoms with E-state index in [0.29, 0.717) is 18.5 Å². The molecular formula is C20H24N2O5S2. The maximum atomic E-state index is 12.9. The van der Waals surface area contributed by atoms with Crippen LogP contribution in [0.25, 0.3) is 0 Å². The molecule has 29 heavy (non-hydrogen) atoms. The van der Waals surface area contributed by atoms with Crippen molar-refractivity contribution in [3.8, 4) is 0 Å². The normalized spacial score (nSPS) is 15.6. The van der Waals surface area contributed by atoms with Crippen molar-refractivity contribution in [3.63, 3.8) is 0 Å². The molecule has 1 unspecified atom stereocenters. The molecule has 1 aliphatic rings. The summed E-state index contributed by atoms with van der Waals surface area (Å²) >= 11 is 0. The Bertz CT molecular complexity index is 1140. The van der Waals surface area contributed by atoms with Gasteiger partial charge in [-0.2, -0.15) is 0 Å². The third-order valence-electron chi connectivity index (χ3n) is 5.00. The van der Waals surface area contributed by atoms with E-state index >= 15 is 0 Å². The summed E-state index contributed by atoms with van der Waals surface area (Å²) in [6.45, 7) is 3.83. The van der Waals surface area contributed by atoms with E-state index < -0.39 is 25.9 Å². The van der Waals surface area contributed by atoms with Crippen molar-refractivity contribution in [1.29, 1.82) is 0 Å². The van der Waals surface area contributed by atoms with Crippen molar-refractivity contribution in [2.45, 2.75) is 42.5 Å². The number of sulfonamides is 1. The highest BCUT2D eigenvalue weighted by molar-refractivity contribution is 7.90. The number of nitrogens with one attached hydrogen (secondary N) is 1. The van der Waals surface area contributed by atoms with Crippen LogP contribution in [0, 0.1) is 0 Å². The number of carbonyl (C=O) groups excluding carboxylic acids is 1. The van der Waals surface area contributed by atoms with Crippen LogP contribution in [0.1, 0.15) is 37.4 Å². The SMILES string of the molecule is CC(=O)N1CCCc2cc(S(=O)(=O)NC(C)c3ccc(S(C)(=O)=O)cc3)ccc21. The zero-order chi connectivity index (χ0) is 21.4. The minimum Gasteiger partial charge on any atom is -0.312 e. The zero-order valence-electron chi connectivity index (χ0n) is 16.5. The third kappa shape index (κ3) is 4.68. The lowest BCUT2D eigenvalue weighted by Gasteiger charge is -2.29. The molecule has 9 heteroatoms. The van der Waals surface area contributed by atoms with Crippen LogP contribution in [-0.4, -0.2) is 35.5 Å². The lowest BCUT2D eigenvalue weighted by molar-refractivity contribution is -0.116. The lowest BCUT2D eigenvalue weighted by Crippen LogP contribution is -2.34. The number of rotatable bonds is 5. The van der Waals surface area contributed by atoms with Crippen LogP contribution in [-0.2, 0) is 31.1 Å². The van der Waals surface area contributed by atoms with E-state index in [2.05, 4.69) is 4.72 Å². The summed E-state index contributed by atoms with van der Waals surface area (Å²) in [5.74, 6) is -0.0640. The Balaban J connectivity index is 1.83. The van der Waals surface area contributed by atoms with Crippen molar-refractivity contribution in [2.24, 2.45) is 0 Å². The Morgan fingerprint density at radius 3 is 2.24 bits per heavy atom. The van der Waals surface area contributed by atoms with Crippen LogP contribution in [0.4, 0.5) is 5.69 Å². The molecule has 0 saturated carbocycles. The van der Waals surface area contributed by atoms with Gasteiger partial charge < -0.3 is 4.90 Å². The van der Waals surface area contributed by atoms with E-state index in [0.717, 1.165) is 23.9 Å². The van der Waals surface area contributed by atoms with Crippen molar-refractivity contribution in [1.82, 2.24) is 4.72 Å². The molecule has 0 spiro atoms. The van der Waals surface area contributed by atoms with E-state index in [1.807, 2.05) is 0 Å². The number of benzene rings is 2. The van der Waals surface area contributed by atoms with Crippen molar-refractivity contribution in [2.75, 3.05) is 17.7 Å². The zero-order valence-corrected chi connectivity index (χ0v) is 18.2. The van der Waals surface area contributed by atoms with Gasteiger partial charge in [-0.15, -0.1) is 0 Å². The van der Waals surface area contributed by atoms with Crippen molar-refractivity contribution >= 4 is 31.5 Å². The summed E-state index contributed by atoms with van der Waals surface area (Å²) in [7, 11) is -7.10. The predicted octanol–water partition coefficient (Wildman–Crippen LogP) is 2.43. The van der Waals surface area contributed by atoms with E-state index in [9.17, 15) is 21.6 Å².